The summed E-state index contributed by atoms with van der Waals surface area (Å²) in [6, 6.07) is 48.9. The largest absolute Gasteiger partial charge is 0.454 e. The summed E-state index contributed by atoms with van der Waals surface area (Å²) in [7, 11) is 0. The van der Waals surface area contributed by atoms with E-state index in [0.29, 0.717) is 5.56 Å². The Morgan fingerprint density at radius 3 is 2.07 bits per heavy atom. The molecule has 0 aliphatic heterocycles. The number of anilines is 3. The van der Waals surface area contributed by atoms with Crippen LogP contribution >= 0.6 is 11.3 Å². The number of hydrogen-bond donors (Lipinski definition) is 0. The van der Waals surface area contributed by atoms with Crippen molar-refractivity contribution in [2.45, 2.75) is 0 Å². The first kappa shape index (κ1) is 24.0. The molecule has 2 heterocycles. The lowest BCUT2D eigenvalue weighted by atomic mass is 9.99. The molecular formula is C39H22N2OS. The van der Waals surface area contributed by atoms with Crippen LogP contribution in [0.2, 0.25) is 0 Å². The van der Waals surface area contributed by atoms with Crippen molar-refractivity contribution in [1.82, 2.24) is 0 Å². The third-order valence-electron chi connectivity index (χ3n) is 8.44. The van der Waals surface area contributed by atoms with Gasteiger partial charge in [0.1, 0.15) is 5.58 Å². The average molecular weight is 567 g/mol. The Morgan fingerprint density at radius 2 is 1.26 bits per heavy atom. The lowest BCUT2D eigenvalue weighted by molar-refractivity contribution is 0.669. The van der Waals surface area contributed by atoms with E-state index < -0.39 is 0 Å². The van der Waals surface area contributed by atoms with Crippen molar-refractivity contribution in [3.63, 3.8) is 0 Å². The summed E-state index contributed by atoms with van der Waals surface area (Å²) in [5, 5.41) is 19.1. The van der Waals surface area contributed by atoms with Crippen LogP contribution in [0.15, 0.2) is 138 Å². The number of fused-ring (bicyclic) bond motifs is 9. The summed E-state index contributed by atoms with van der Waals surface area (Å²) >= 11 is 1.83. The van der Waals surface area contributed by atoms with Gasteiger partial charge in [-0.15, -0.1) is 11.3 Å². The van der Waals surface area contributed by atoms with Crippen LogP contribution in [0.3, 0.4) is 0 Å². The second kappa shape index (κ2) is 9.19. The van der Waals surface area contributed by atoms with Gasteiger partial charge in [0.05, 0.1) is 23.0 Å². The number of rotatable bonds is 3. The van der Waals surface area contributed by atoms with Crippen LogP contribution in [0.4, 0.5) is 17.1 Å². The van der Waals surface area contributed by atoms with E-state index >= 15 is 0 Å². The number of nitriles is 1. The third kappa shape index (κ3) is 3.59. The molecule has 43 heavy (non-hydrogen) atoms. The second-order valence-corrected chi connectivity index (χ2v) is 11.9. The molecule has 9 rings (SSSR count). The summed E-state index contributed by atoms with van der Waals surface area (Å²) in [6.45, 7) is 0. The molecule has 200 valence electrons. The number of benzene rings is 7. The zero-order valence-electron chi connectivity index (χ0n) is 22.9. The van der Waals surface area contributed by atoms with Gasteiger partial charge in [0.15, 0.2) is 5.58 Å². The van der Waals surface area contributed by atoms with Gasteiger partial charge in [0.25, 0.3) is 0 Å². The van der Waals surface area contributed by atoms with E-state index in [4.69, 9.17) is 4.42 Å². The first-order valence-electron chi connectivity index (χ1n) is 14.2. The van der Waals surface area contributed by atoms with Crippen LogP contribution in [-0.2, 0) is 0 Å². The third-order valence-corrected chi connectivity index (χ3v) is 9.54. The van der Waals surface area contributed by atoms with Crippen molar-refractivity contribution in [1.29, 1.82) is 5.26 Å². The summed E-state index contributed by atoms with van der Waals surface area (Å²) in [5.74, 6) is 0. The molecule has 0 amide bonds. The Kier molecular flexibility index (Phi) is 5.13. The molecule has 0 unspecified atom stereocenters. The number of nitrogens with zero attached hydrogens (tertiary/aromatic N) is 2. The van der Waals surface area contributed by atoms with Gasteiger partial charge >= 0.3 is 0 Å². The van der Waals surface area contributed by atoms with E-state index in [9.17, 15) is 5.26 Å². The van der Waals surface area contributed by atoms with Crippen molar-refractivity contribution < 1.29 is 4.42 Å². The van der Waals surface area contributed by atoms with E-state index in [-0.39, 0.29) is 0 Å². The molecule has 4 heteroatoms. The van der Waals surface area contributed by atoms with Crippen LogP contribution in [0.25, 0.3) is 63.7 Å². The molecule has 0 saturated heterocycles. The second-order valence-electron chi connectivity index (χ2n) is 10.9. The van der Waals surface area contributed by atoms with Gasteiger partial charge < -0.3 is 9.32 Å². The highest BCUT2D eigenvalue weighted by atomic mass is 32.1. The zero-order valence-corrected chi connectivity index (χ0v) is 23.7. The van der Waals surface area contributed by atoms with E-state index in [1.165, 1.54) is 36.3 Å². The Bertz CT molecular complexity index is 2580. The predicted molar refractivity (Wildman–Crippen MR) is 181 cm³/mol. The van der Waals surface area contributed by atoms with Gasteiger partial charge in [-0.1, -0.05) is 78.9 Å². The van der Waals surface area contributed by atoms with Crippen molar-refractivity contribution in [2.75, 3.05) is 4.90 Å². The van der Waals surface area contributed by atoms with Crippen molar-refractivity contribution >= 4 is 92.1 Å². The Hall–Kier alpha value is -5.63. The van der Waals surface area contributed by atoms with E-state index in [2.05, 4.69) is 108 Å². The molecule has 0 radical (unpaired) electrons. The number of para-hydroxylation sites is 2. The molecule has 0 fully saturated rings. The fraction of sp³-hybridized carbons (Fsp3) is 0. The van der Waals surface area contributed by atoms with E-state index in [1.54, 1.807) is 0 Å². The maximum atomic E-state index is 9.54. The predicted octanol–water partition coefficient (Wildman–Crippen LogP) is 11.6. The maximum Gasteiger partial charge on any atom is 0.159 e. The van der Waals surface area contributed by atoms with Gasteiger partial charge in [-0.2, -0.15) is 5.26 Å². The average Bonchev–Trinajstić information content (AvgIpc) is 3.62. The molecule has 9 aromatic rings. The molecule has 7 aromatic carbocycles. The first-order valence-corrected chi connectivity index (χ1v) is 15.1. The maximum absolute atomic E-state index is 9.54. The number of thiophene rings is 1. The van der Waals surface area contributed by atoms with Crippen molar-refractivity contribution in [2.24, 2.45) is 0 Å². The van der Waals surface area contributed by atoms with Gasteiger partial charge in [0, 0.05) is 42.0 Å². The normalized spacial score (nSPS) is 11.7. The minimum atomic E-state index is 0.627. The minimum absolute atomic E-state index is 0.627. The van der Waals surface area contributed by atoms with Crippen LogP contribution in [-0.4, -0.2) is 0 Å². The molecular weight excluding hydrogens is 545 g/mol. The smallest absolute Gasteiger partial charge is 0.159 e. The summed E-state index contributed by atoms with van der Waals surface area (Å²) in [6.07, 6.45) is 0. The lowest BCUT2D eigenvalue weighted by Gasteiger charge is -2.27. The highest BCUT2D eigenvalue weighted by Crippen LogP contribution is 2.48. The Morgan fingerprint density at radius 1 is 0.558 bits per heavy atom. The zero-order chi connectivity index (χ0) is 28.5. The van der Waals surface area contributed by atoms with Crippen molar-refractivity contribution in [3.05, 3.63) is 139 Å². The van der Waals surface area contributed by atoms with Gasteiger partial charge in [-0.05, 0) is 70.8 Å². The number of hydrogen-bond acceptors (Lipinski definition) is 4. The van der Waals surface area contributed by atoms with E-state index in [1.807, 2.05) is 47.7 Å². The summed E-state index contributed by atoms with van der Waals surface area (Å²) in [4.78, 5) is 2.29. The fourth-order valence-corrected chi connectivity index (χ4v) is 7.68. The molecule has 0 aliphatic rings. The molecule has 0 spiro atoms. The fourth-order valence-electron chi connectivity index (χ4n) is 6.49. The summed E-state index contributed by atoms with van der Waals surface area (Å²) in [5.41, 5.74) is 5.30. The number of furan rings is 1. The quantitative estimate of drug-likeness (QED) is 0.214. The SMILES string of the molecule is N#Cc1ccc(N(c2cc3sc4cc5ccccc5cc4c3c3ccccc23)c2cccc3c2oc2ccccc23)cc1. The van der Waals surface area contributed by atoms with Crippen molar-refractivity contribution in [3.8, 4) is 6.07 Å². The lowest BCUT2D eigenvalue weighted by Crippen LogP contribution is -2.11. The minimum Gasteiger partial charge on any atom is -0.454 e. The topological polar surface area (TPSA) is 40.2 Å². The van der Waals surface area contributed by atoms with Crippen LogP contribution in [0.5, 0.6) is 0 Å². The van der Waals surface area contributed by atoms with Gasteiger partial charge in [0.2, 0.25) is 0 Å². The van der Waals surface area contributed by atoms with Crippen LogP contribution < -0.4 is 4.90 Å². The Labute approximate surface area is 251 Å². The highest BCUT2D eigenvalue weighted by molar-refractivity contribution is 7.26. The standard InChI is InChI=1S/C39H22N2OS/c40-23-24-16-18-27(19-17-24)41(33-14-7-13-31-29-11-5-6-15-35(29)42-39(31)33)34-22-37-38(30-12-4-3-10-28(30)34)32-20-25-8-1-2-9-26(25)21-36(32)43-37/h1-22H. The molecule has 0 bridgehead atoms. The van der Waals surface area contributed by atoms with Crippen LogP contribution in [0.1, 0.15) is 5.56 Å². The molecule has 0 atom stereocenters. The Balaban J connectivity index is 1.40. The monoisotopic (exact) mass is 566 g/mol. The molecule has 2 aromatic heterocycles. The summed E-state index contributed by atoms with van der Waals surface area (Å²) < 4.78 is 9.06. The molecule has 0 N–H and O–H groups in total. The highest BCUT2D eigenvalue weighted by Gasteiger charge is 2.23. The molecule has 3 nitrogen and oxygen atoms in total. The first-order chi connectivity index (χ1) is 21.3. The van der Waals surface area contributed by atoms with Crippen LogP contribution in [0, 0.1) is 11.3 Å². The van der Waals surface area contributed by atoms with Gasteiger partial charge in [-0.25, -0.2) is 0 Å². The molecule has 0 aliphatic carbocycles. The van der Waals surface area contributed by atoms with E-state index in [0.717, 1.165) is 44.4 Å². The molecule has 0 saturated carbocycles. The van der Waals surface area contributed by atoms with Gasteiger partial charge in [-0.3, -0.25) is 0 Å².